The van der Waals surface area contributed by atoms with Gasteiger partial charge in [-0.2, -0.15) is 13.2 Å². The number of hydrogen-bond acceptors (Lipinski definition) is 1. The van der Waals surface area contributed by atoms with E-state index in [1.54, 1.807) is 25.1 Å². The molecule has 0 aromatic heterocycles. The third kappa shape index (κ3) is 3.34. The molecule has 0 aliphatic carbocycles. The molecule has 0 saturated carbocycles. The maximum atomic E-state index is 12.8. The van der Waals surface area contributed by atoms with Crippen LogP contribution in [0.1, 0.15) is 28.8 Å². The molecule has 2 rings (SSSR count). The quantitative estimate of drug-likeness (QED) is 0.744. The van der Waals surface area contributed by atoms with Gasteiger partial charge in [-0.05, 0) is 37.5 Å². The molecule has 1 heterocycles. The van der Waals surface area contributed by atoms with E-state index in [0.717, 1.165) is 10.0 Å². The molecule has 1 aliphatic heterocycles. The summed E-state index contributed by atoms with van der Waals surface area (Å²) in [6.45, 7) is 1.93. The van der Waals surface area contributed by atoms with Crippen molar-refractivity contribution in [3.8, 4) is 0 Å². The molecule has 1 aliphatic rings. The van der Waals surface area contributed by atoms with E-state index in [2.05, 4.69) is 15.9 Å². The topological polar surface area (TPSA) is 20.3 Å². The number of nitrogens with zero attached hydrogens (tertiary/aromatic N) is 1. The molecule has 1 unspecified atom stereocenters. The molecule has 110 valence electrons. The van der Waals surface area contributed by atoms with Gasteiger partial charge in [0.2, 0.25) is 0 Å². The summed E-state index contributed by atoms with van der Waals surface area (Å²) in [6, 6.07) is 5.25. The number of benzene rings is 1. The van der Waals surface area contributed by atoms with Gasteiger partial charge in [0.05, 0.1) is 5.92 Å². The monoisotopic (exact) mass is 349 g/mol. The molecule has 0 radical (unpaired) electrons. The molecule has 1 atom stereocenters. The standard InChI is InChI=1S/C14H15BrF3NO/c1-9-4-5-11(15)7-12(9)13(20)19-6-2-3-10(8-19)14(16,17)18/h4-5,7,10H,2-3,6,8H2,1H3. The number of rotatable bonds is 1. The summed E-state index contributed by atoms with van der Waals surface area (Å²) in [4.78, 5) is 13.7. The van der Waals surface area contributed by atoms with Gasteiger partial charge in [-0.3, -0.25) is 4.79 Å². The average molecular weight is 350 g/mol. The summed E-state index contributed by atoms with van der Waals surface area (Å²) >= 11 is 3.28. The molecule has 6 heteroatoms. The first-order valence-electron chi connectivity index (χ1n) is 6.41. The molecule has 20 heavy (non-hydrogen) atoms. The van der Waals surface area contributed by atoms with E-state index < -0.39 is 12.1 Å². The number of aryl methyl sites for hydroxylation is 1. The van der Waals surface area contributed by atoms with Crippen LogP contribution in [0.5, 0.6) is 0 Å². The van der Waals surface area contributed by atoms with Crippen molar-refractivity contribution in [2.45, 2.75) is 25.9 Å². The Morgan fingerprint density at radius 1 is 1.40 bits per heavy atom. The summed E-state index contributed by atoms with van der Waals surface area (Å²) in [5.74, 6) is -1.73. The summed E-state index contributed by atoms with van der Waals surface area (Å²) in [7, 11) is 0. The number of piperidine rings is 1. The summed E-state index contributed by atoms with van der Waals surface area (Å²) < 4.78 is 39.1. The Bertz CT molecular complexity index is 516. The van der Waals surface area contributed by atoms with Gasteiger partial charge < -0.3 is 4.90 Å². The fourth-order valence-corrected chi connectivity index (χ4v) is 2.78. The van der Waals surface area contributed by atoms with Crippen LogP contribution >= 0.6 is 15.9 Å². The summed E-state index contributed by atoms with van der Waals surface area (Å²) in [6.07, 6.45) is -3.74. The van der Waals surface area contributed by atoms with Gasteiger partial charge in [-0.25, -0.2) is 0 Å². The third-order valence-corrected chi connectivity index (χ3v) is 4.09. The zero-order valence-corrected chi connectivity index (χ0v) is 12.6. The van der Waals surface area contributed by atoms with E-state index in [1.165, 1.54) is 4.90 Å². The van der Waals surface area contributed by atoms with Gasteiger partial charge in [0.1, 0.15) is 0 Å². The van der Waals surface area contributed by atoms with Crippen molar-refractivity contribution in [3.05, 3.63) is 33.8 Å². The van der Waals surface area contributed by atoms with Crippen molar-refractivity contribution in [1.82, 2.24) is 4.90 Å². The highest BCUT2D eigenvalue weighted by Crippen LogP contribution is 2.33. The Balaban J connectivity index is 2.18. The van der Waals surface area contributed by atoms with Crippen molar-refractivity contribution in [3.63, 3.8) is 0 Å². The molecule has 1 fully saturated rings. The predicted octanol–water partition coefficient (Wildman–Crippen LogP) is 4.17. The second-order valence-corrected chi connectivity index (χ2v) is 6.01. The smallest absolute Gasteiger partial charge is 0.338 e. The van der Waals surface area contributed by atoms with Crippen LogP contribution in [0.15, 0.2) is 22.7 Å². The SMILES string of the molecule is Cc1ccc(Br)cc1C(=O)N1CCCC(C(F)(F)F)C1. The van der Waals surface area contributed by atoms with Gasteiger partial charge >= 0.3 is 6.18 Å². The highest BCUT2D eigenvalue weighted by molar-refractivity contribution is 9.10. The Labute approximate surface area is 124 Å². The second kappa shape index (κ2) is 5.76. The van der Waals surface area contributed by atoms with Crippen LogP contribution in [-0.2, 0) is 0 Å². The number of carbonyl (C=O) groups is 1. The van der Waals surface area contributed by atoms with Crippen LogP contribution in [0.3, 0.4) is 0 Å². The molecule has 1 aromatic carbocycles. The van der Waals surface area contributed by atoms with Crippen molar-refractivity contribution in [2.24, 2.45) is 5.92 Å². The van der Waals surface area contributed by atoms with Gasteiger partial charge in [0, 0.05) is 23.1 Å². The molecule has 0 bridgehead atoms. The van der Waals surface area contributed by atoms with Gasteiger partial charge in [0.25, 0.3) is 5.91 Å². The maximum absolute atomic E-state index is 12.8. The minimum absolute atomic E-state index is 0.102. The normalized spacial score (nSPS) is 20.1. The van der Waals surface area contributed by atoms with E-state index in [-0.39, 0.29) is 18.9 Å². The molecule has 1 aromatic rings. The zero-order valence-electron chi connectivity index (χ0n) is 11.0. The van der Waals surface area contributed by atoms with Crippen LogP contribution in [-0.4, -0.2) is 30.1 Å². The first-order valence-corrected chi connectivity index (χ1v) is 7.20. The minimum atomic E-state index is -4.23. The Kier molecular flexibility index (Phi) is 4.42. The van der Waals surface area contributed by atoms with Crippen molar-refractivity contribution >= 4 is 21.8 Å². The number of carbonyl (C=O) groups excluding carboxylic acids is 1. The van der Waals surface area contributed by atoms with Crippen LogP contribution < -0.4 is 0 Å². The van der Waals surface area contributed by atoms with Crippen molar-refractivity contribution < 1.29 is 18.0 Å². The van der Waals surface area contributed by atoms with E-state index in [9.17, 15) is 18.0 Å². The van der Waals surface area contributed by atoms with Crippen LogP contribution in [0.4, 0.5) is 13.2 Å². The molecule has 2 nitrogen and oxygen atoms in total. The molecule has 1 amide bonds. The van der Waals surface area contributed by atoms with Crippen molar-refractivity contribution in [2.75, 3.05) is 13.1 Å². The lowest BCUT2D eigenvalue weighted by molar-refractivity contribution is -0.184. The summed E-state index contributed by atoms with van der Waals surface area (Å²) in [5.41, 5.74) is 1.23. The van der Waals surface area contributed by atoms with Gasteiger partial charge in [-0.15, -0.1) is 0 Å². The Morgan fingerprint density at radius 3 is 2.75 bits per heavy atom. The van der Waals surface area contributed by atoms with E-state index >= 15 is 0 Å². The van der Waals surface area contributed by atoms with Crippen LogP contribution in [0.25, 0.3) is 0 Å². The Hall–Kier alpha value is -1.04. The molecule has 0 spiro atoms. The highest BCUT2D eigenvalue weighted by Gasteiger charge is 2.42. The van der Waals surface area contributed by atoms with E-state index in [4.69, 9.17) is 0 Å². The number of likely N-dealkylation sites (tertiary alicyclic amines) is 1. The van der Waals surface area contributed by atoms with Crippen LogP contribution in [0, 0.1) is 12.8 Å². The average Bonchev–Trinajstić information content (AvgIpc) is 2.40. The number of halogens is 4. The largest absolute Gasteiger partial charge is 0.393 e. The maximum Gasteiger partial charge on any atom is 0.393 e. The number of alkyl halides is 3. The first-order chi connectivity index (χ1) is 9.29. The lowest BCUT2D eigenvalue weighted by atomic mass is 9.96. The van der Waals surface area contributed by atoms with Gasteiger partial charge in [-0.1, -0.05) is 22.0 Å². The number of hydrogen-bond donors (Lipinski definition) is 0. The molecular formula is C14H15BrF3NO. The fraction of sp³-hybridized carbons (Fsp3) is 0.500. The summed E-state index contributed by atoms with van der Waals surface area (Å²) in [5, 5.41) is 0. The number of amides is 1. The van der Waals surface area contributed by atoms with E-state index in [0.29, 0.717) is 18.5 Å². The first kappa shape index (κ1) is 15.4. The van der Waals surface area contributed by atoms with Crippen molar-refractivity contribution in [1.29, 1.82) is 0 Å². The Morgan fingerprint density at radius 2 is 2.10 bits per heavy atom. The van der Waals surface area contributed by atoms with Gasteiger partial charge in [0.15, 0.2) is 0 Å². The molecule has 0 N–H and O–H groups in total. The van der Waals surface area contributed by atoms with E-state index in [1.807, 2.05) is 0 Å². The lowest BCUT2D eigenvalue weighted by Crippen LogP contribution is -2.44. The van der Waals surface area contributed by atoms with Crippen LogP contribution in [0.2, 0.25) is 0 Å². The fourth-order valence-electron chi connectivity index (χ4n) is 2.42. The lowest BCUT2D eigenvalue weighted by Gasteiger charge is -2.34. The predicted molar refractivity (Wildman–Crippen MR) is 73.6 cm³/mol. The molecular weight excluding hydrogens is 335 g/mol. The molecule has 1 saturated heterocycles. The third-order valence-electron chi connectivity index (χ3n) is 3.60. The zero-order chi connectivity index (χ0) is 14.9. The minimum Gasteiger partial charge on any atom is -0.338 e. The second-order valence-electron chi connectivity index (χ2n) is 5.09. The highest BCUT2D eigenvalue weighted by atomic mass is 79.9.